The van der Waals surface area contributed by atoms with Crippen LogP contribution in [0.15, 0.2) is 18.2 Å². The lowest BCUT2D eigenvalue weighted by Crippen LogP contribution is -2.40. The first-order valence-corrected chi connectivity index (χ1v) is 10.6. The summed E-state index contributed by atoms with van der Waals surface area (Å²) < 4.78 is 26.6. The maximum Gasteiger partial charge on any atom is 0.214 e. The zero-order chi connectivity index (χ0) is 17.2. The number of imidazole rings is 1. The predicted molar refractivity (Wildman–Crippen MR) is 98.1 cm³/mol. The standard InChI is InChI=1S/C17H24ClN3O2S/c1-13-6-7-15-16(11-13)20-17(19-15)14-5-4-9-21(12-14)24(22,23)10-3-2-8-18/h6-7,11,14H,2-5,8-10,12H2,1H3,(H,19,20)/t14-/m0/s1. The molecule has 24 heavy (non-hydrogen) atoms. The molecule has 1 atom stereocenters. The van der Waals surface area contributed by atoms with Gasteiger partial charge in [0, 0.05) is 24.9 Å². The van der Waals surface area contributed by atoms with Crippen LogP contribution in [-0.2, 0) is 10.0 Å². The molecule has 1 N–H and O–H groups in total. The van der Waals surface area contributed by atoms with E-state index in [0.29, 0.717) is 25.4 Å². The Labute approximate surface area is 148 Å². The Balaban J connectivity index is 1.74. The Bertz CT molecular complexity index is 803. The first kappa shape index (κ1) is 17.7. The summed E-state index contributed by atoms with van der Waals surface area (Å²) >= 11 is 5.65. The minimum absolute atomic E-state index is 0.134. The van der Waals surface area contributed by atoms with Crippen LogP contribution in [0.3, 0.4) is 0 Å². The second-order valence-corrected chi connectivity index (χ2v) is 9.02. The number of alkyl halides is 1. The topological polar surface area (TPSA) is 66.1 Å². The highest BCUT2D eigenvalue weighted by Crippen LogP contribution is 2.28. The number of sulfonamides is 1. The molecule has 0 bridgehead atoms. The summed E-state index contributed by atoms with van der Waals surface area (Å²) in [4.78, 5) is 8.06. The molecule has 1 aliphatic rings. The second kappa shape index (κ2) is 7.42. The number of hydrogen-bond donors (Lipinski definition) is 1. The van der Waals surface area contributed by atoms with E-state index < -0.39 is 10.0 Å². The maximum atomic E-state index is 12.5. The zero-order valence-electron chi connectivity index (χ0n) is 14.0. The summed E-state index contributed by atoms with van der Waals surface area (Å²) in [6, 6.07) is 6.13. The van der Waals surface area contributed by atoms with Gasteiger partial charge >= 0.3 is 0 Å². The number of benzene rings is 1. The monoisotopic (exact) mass is 369 g/mol. The number of nitrogens with one attached hydrogen (secondary N) is 1. The number of nitrogens with zero attached hydrogens (tertiary/aromatic N) is 2. The van der Waals surface area contributed by atoms with Crippen molar-refractivity contribution in [3.8, 4) is 0 Å². The fraction of sp³-hybridized carbons (Fsp3) is 0.588. The molecule has 132 valence electrons. The molecule has 1 saturated heterocycles. The Hall–Kier alpha value is -1.11. The van der Waals surface area contributed by atoms with E-state index >= 15 is 0 Å². The molecule has 0 unspecified atom stereocenters. The largest absolute Gasteiger partial charge is 0.342 e. The first-order chi connectivity index (χ1) is 11.5. The summed E-state index contributed by atoms with van der Waals surface area (Å²) in [5, 5.41) is 0. The molecular formula is C17H24ClN3O2S. The van der Waals surface area contributed by atoms with E-state index in [1.807, 2.05) is 12.1 Å². The van der Waals surface area contributed by atoms with Gasteiger partial charge in [-0.15, -0.1) is 11.6 Å². The number of H-pyrrole nitrogens is 1. The van der Waals surface area contributed by atoms with E-state index in [-0.39, 0.29) is 11.7 Å². The highest BCUT2D eigenvalue weighted by molar-refractivity contribution is 7.89. The molecule has 0 amide bonds. The van der Waals surface area contributed by atoms with Crippen molar-refractivity contribution in [3.63, 3.8) is 0 Å². The zero-order valence-corrected chi connectivity index (χ0v) is 15.5. The lowest BCUT2D eigenvalue weighted by molar-refractivity contribution is 0.310. The third-order valence-corrected chi connectivity index (χ3v) is 6.80. The Morgan fingerprint density at radius 1 is 1.38 bits per heavy atom. The minimum Gasteiger partial charge on any atom is -0.342 e. The Kier molecular flexibility index (Phi) is 5.47. The number of hydrogen-bond acceptors (Lipinski definition) is 3. The summed E-state index contributed by atoms with van der Waals surface area (Å²) in [7, 11) is -3.20. The number of halogens is 1. The van der Waals surface area contributed by atoms with Gasteiger partial charge in [-0.3, -0.25) is 0 Å². The molecule has 0 spiro atoms. The van der Waals surface area contributed by atoms with E-state index in [9.17, 15) is 8.42 Å². The van der Waals surface area contributed by atoms with Gasteiger partial charge in [-0.05, 0) is 50.3 Å². The van der Waals surface area contributed by atoms with E-state index in [1.54, 1.807) is 4.31 Å². The third-order valence-electron chi connectivity index (χ3n) is 4.61. The van der Waals surface area contributed by atoms with Crippen LogP contribution < -0.4 is 0 Å². The van der Waals surface area contributed by atoms with Crippen LogP contribution in [0.25, 0.3) is 11.0 Å². The van der Waals surface area contributed by atoms with Gasteiger partial charge in [0.25, 0.3) is 0 Å². The summed E-state index contributed by atoms with van der Waals surface area (Å²) in [6.45, 7) is 3.18. The first-order valence-electron chi connectivity index (χ1n) is 8.49. The van der Waals surface area contributed by atoms with Crippen molar-refractivity contribution in [3.05, 3.63) is 29.6 Å². The van der Waals surface area contributed by atoms with Crippen molar-refractivity contribution in [2.75, 3.05) is 24.7 Å². The van der Waals surface area contributed by atoms with Gasteiger partial charge in [0.05, 0.1) is 16.8 Å². The molecule has 2 aromatic rings. The van der Waals surface area contributed by atoms with E-state index in [2.05, 4.69) is 23.0 Å². The average Bonchev–Trinajstić information content (AvgIpc) is 2.98. The molecule has 0 radical (unpaired) electrons. The summed E-state index contributed by atoms with van der Waals surface area (Å²) in [6.07, 6.45) is 3.19. The van der Waals surface area contributed by atoms with Crippen molar-refractivity contribution >= 4 is 32.7 Å². The molecule has 1 aromatic heterocycles. The van der Waals surface area contributed by atoms with Crippen LogP contribution in [0.1, 0.15) is 43.0 Å². The molecule has 1 fully saturated rings. The molecule has 2 heterocycles. The van der Waals surface area contributed by atoms with E-state index in [1.165, 1.54) is 5.56 Å². The van der Waals surface area contributed by atoms with Gasteiger partial charge < -0.3 is 4.98 Å². The normalized spacial score (nSPS) is 19.8. The van der Waals surface area contributed by atoms with Gasteiger partial charge in [-0.1, -0.05) is 6.07 Å². The molecular weight excluding hydrogens is 346 g/mol. The number of piperidine rings is 1. The fourth-order valence-electron chi connectivity index (χ4n) is 3.26. The van der Waals surface area contributed by atoms with Crippen LogP contribution in [0.2, 0.25) is 0 Å². The molecule has 3 rings (SSSR count). The number of aromatic nitrogens is 2. The molecule has 1 aliphatic heterocycles. The van der Waals surface area contributed by atoms with Gasteiger partial charge in [0.1, 0.15) is 5.82 Å². The van der Waals surface area contributed by atoms with Crippen LogP contribution in [0, 0.1) is 6.92 Å². The maximum absolute atomic E-state index is 12.5. The van der Waals surface area contributed by atoms with Crippen molar-refractivity contribution in [1.82, 2.24) is 14.3 Å². The SMILES string of the molecule is Cc1ccc2nc([C@H]3CCCN(S(=O)(=O)CCCCCl)C3)[nH]c2c1. The Morgan fingerprint density at radius 2 is 2.21 bits per heavy atom. The molecule has 7 heteroatoms. The van der Waals surface area contributed by atoms with Gasteiger partial charge in [0.2, 0.25) is 10.0 Å². The average molecular weight is 370 g/mol. The number of rotatable bonds is 6. The third kappa shape index (κ3) is 3.92. The van der Waals surface area contributed by atoms with Gasteiger partial charge in [-0.2, -0.15) is 0 Å². The smallest absolute Gasteiger partial charge is 0.214 e. The molecule has 5 nitrogen and oxygen atoms in total. The highest BCUT2D eigenvalue weighted by atomic mass is 35.5. The number of aryl methyl sites for hydroxylation is 1. The van der Waals surface area contributed by atoms with Crippen LogP contribution in [-0.4, -0.2) is 47.4 Å². The molecule has 1 aromatic carbocycles. The summed E-state index contributed by atoms with van der Waals surface area (Å²) in [5.41, 5.74) is 3.15. The lowest BCUT2D eigenvalue weighted by Gasteiger charge is -2.31. The van der Waals surface area contributed by atoms with Crippen LogP contribution in [0.5, 0.6) is 0 Å². The number of unbranched alkanes of at least 4 members (excludes halogenated alkanes) is 1. The van der Waals surface area contributed by atoms with Crippen molar-refractivity contribution in [1.29, 1.82) is 0 Å². The van der Waals surface area contributed by atoms with E-state index in [0.717, 1.165) is 36.1 Å². The van der Waals surface area contributed by atoms with Crippen molar-refractivity contribution in [2.24, 2.45) is 0 Å². The van der Waals surface area contributed by atoms with Crippen molar-refractivity contribution in [2.45, 2.75) is 38.5 Å². The minimum atomic E-state index is -3.20. The lowest BCUT2D eigenvalue weighted by atomic mass is 9.99. The highest BCUT2D eigenvalue weighted by Gasteiger charge is 2.30. The molecule has 0 saturated carbocycles. The quantitative estimate of drug-likeness (QED) is 0.626. The van der Waals surface area contributed by atoms with Gasteiger partial charge in [0.15, 0.2) is 0 Å². The van der Waals surface area contributed by atoms with Crippen LogP contribution in [0.4, 0.5) is 0 Å². The number of aromatic amines is 1. The second-order valence-electron chi connectivity index (χ2n) is 6.55. The van der Waals surface area contributed by atoms with Gasteiger partial charge in [-0.25, -0.2) is 17.7 Å². The Morgan fingerprint density at radius 3 is 3.00 bits per heavy atom. The summed E-state index contributed by atoms with van der Waals surface area (Å²) in [5.74, 6) is 1.73. The molecule has 0 aliphatic carbocycles. The predicted octanol–water partition coefficient (Wildman–Crippen LogP) is 3.40. The van der Waals surface area contributed by atoms with E-state index in [4.69, 9.17) is 11.6 Å². The van der Waals surface area contributed by atoms with Crippen molar-refractivity contribution < 1.29 is 8.42 Å². The van der Waals surface area contributed by atoms with Crippen LogP contribution >= 0.6 is 11.6 Å². The fourth-order valence-corrected chi connectivity index (χ4v) is 5.09. The number of fused-ring (bicyclic) bond motifs is 1.